The number of thiazole rings is 1. The highest BCUT2D eigenvalue weighted by atomic mass is 32.1. The van der Waals surface area contributed by atoms with E-state index in [2.05, 4.69) is 20.6 Å². The Kier molecular flexibility index (Phi) is 4.46. The van der Waals surface area contributed by atoms with Crippen LogP contribution in [-0.2, 0) is 6.54 Å². The molecule has 2 N–H and O–H groups in total. The van der Waals surface area contributed by atoms with Crippen molar-refractivity contribution in [2.24, 2.45) is 0 Å². The molecule has 1 amide bonds. The van der Waals surface area contributed by atoms with Gasteiger partial charge in [0, 0.05) is 23.8 Å². The van der Waals surface area contributed by atoms with Crippen LogP contribution in [0.3, 0.4) is 0 Å². The highest BCUT2D eigenvalue weighted by Crippen LogP contribution is 2.15. The topological polar surface area (TPSA) is 66.9 Å². The van der Waals surface area contributed by atoms with E-state index in [0.29, 0.717) is 12.1 Å². The van der Waals surface area contributed by atoms with Gasteiger partial charge in [-0.2, -0.15) is 0 Å². The number of carbonyl (C=O) groups excluding carboxylic acids is 1. The lowest BCUT2D eigenvalue weighted by molar-refractivity contribution is 0.0951. The van der Waals surface area contributed by atoms with E-state index in [1.807, 2.05) is 13.8 Å². The van der Waals surface area contributed by atoms with E-state index in [-0.39, 0.29) is 5.91 Å². The Morgan fingerprint density at radius 3 is 3.00 bits per heavy atom. The fraction of sp³-hybridized carbons (Fsp3) is 0.308. The maximum Gasteiger partial charge on any atom is 0.255 e. The number of carbonyl (C=O) groups is 1. The van der Waals surface area contributed by atoms with Gasteiger partial charge in [-0.1, -0.05) is 0 Å². The van der Waals surface area contributed by atoms with E-state index < -0.39 is 0 Å². The highest BCUT2D eigenvalue weighted by molar-refractivity contribution is 7.09. The van der Waals surface area contributed by atoms with Crippen LogP contribution in [0.2, 0.25) is 0 Å². The molecule has 0 radical (unpaired) electrons. The Balaban J connectivity index is 2.06. The van der Waals surface area contributed by atoms with Gasteiger partial charge < -0.3 is 10.6 Å². The van der Waals surface area contributed by atoms with Crippen LogP contribution >= 0.6 is 11.3 Å². The van der Waals surface area contributed by atoms with Crippen molar-refractivity contribution in [3.63, 3.8) is 0 Å². The SMILES string of the molecule is CCNc1ccncc1C(=O)NCc1scnc1C. The van der Waals surface area contributed by atoms with E-state index in [9.17, 15) is 4.79 Å². The summed E-state index contributed by atoms with van der Waals surface area (Å²) in [6, 6.07) is 1.80. The number of aromatic nitrogens is 2. The van der Waals surface area contributed by atoms with Gasteiger partial charge in [-0.05, 0) is 19.9 Å². The highest BCUT2D eigenvalue weighted by Gasteiger charge is 2.11. The number of anilines is 1. The van der Waals surface area contributed by atoms with Gasteiger partial charge in [0.25, 0.3) is 5.91 Å². The van der Waals surface area contributed by atoms with E-state index in [1.165, 1.54) is 0 Å². The molecule has 0 fully saturated rings. The lowest BCUT2D eigenvalue weighted by atomic mass is 10.2. The summed E-state index contributed by atoms with van der Waals surface area (Å²) in [6.07, 6.45) is 3.25. The molecule has 100 valence electrons. The molecule has 5 nitrogen and oxygen atoms in total. The molecule has 0 saturated heterocycles. The number of amides is 1. The third-order valence-electron chi connectivity index (χ3n) is 2.69. The zero-order chi connectivity index (χ0) is 13.7. The lowest BCUT2D eigenvalue weighted by Gasteiger charge is -2.10. The number of hydrogen-bond acceptors (Lipinski definition) is 5. The largest absolute Gasteiger partial charge is 0.385 e. The summed E-state index contributed by atoms with van der Waals surface area (Å²) in [7, 11) is 0. The molecule has 0 aliphatic carbocycles. The number of pyridine rings is 1. The minimum atomic E-state index is -0.128. The molecule has 2 aromatic rings. The zero-order valence-electron chi connectivity index (χ0n) is 10.9. The van der Waals surface area contributed by atoms with Gasteiger partial charge in [-0.25, -0.2) is 4.98 Å². The molecule has 19 heavy (non-hydrogen) atoms. The second-order valence-electron chi connectivity index (χ2n) is 4.00. The molecular formula is C13H16N4OS. The Labute approximate surface area is 116 Å². The molecule has 0 unspecified atom stereocenters. The first-order valence-corrected chi connectivity index (χ1v) is 6.95. The normalized spacial score (nSPS) is 10.2. The van der Waals surface area contributed by atoms with Crippen LogP contribution in [0.15, 0.2) is 24.0 Å². The van der Waals surface area contributed by atoms with Crippen molar-refractivity contribution in [3.8, 4) is 0 Å². The van der Waals surface area contributed by atoms with Crippen LogP contribution in [-0.4, -0.2) is 22.4 Å². The molecule has 0 aliphatic rings. The van der Waals surface area contributed by atoms with E-state index in [4.69, 9.17) is 0 Å². The van der Waals surface area contributed by atoms with Crippen molar-refractivity contribution in [2.45, 2.75) is 20.4 Å². The first-order valence-electron chi connectivity index (χ1n) is 6.07. The average molecular weight is 276 g/mol. The fourth-order valence-electron chi connectivity index (χ4n) is 1.67. The molecule has 0 saturated carbocycles. The number of hydrogen-bond donors (Lipinski definition) is 2. The molecule has 0 spiro atoms. The molecule has 0 aliphatic heterocycles. The Morgan fingerprint density at radius 2 is 2.32 bits per heavy atom. The average Bonchev–Trinajstić information content (AvgIpc) is 2.82. The number of nitrogens with zero attached hydrogens (tertiary/aromatic N) is 2. The number of nitrogens with one attached hydrogen (secondary N) is 2. The Hall–Kier alpha value is -1.95. The first-order chi connectivity index (χ1) is 9.22. The molecule has 0 atom stereocenters. The zero-order valence-corrected chi connectivity index (χ0v) is 11.8. The number of rotatable bonds is 5. The first kappa shape index (κ1) is 13.5. The molecule has 0 aromatic carbocycles. The summed E-state index contributed by atoms with van der Waals surface area (Å²) in [5.41, 5.74) is 4.11. The van der Waals surface area contributed by atoms with Crippen LogP contribution < -0.4 is 10.6 Å². The number of aryl methyl sites for hydroxylation is 1. The minimum Gasteiger partial charge on any atom is -0.385 e. The molecule has 2 heterocycles. The van der Waals surface area contributed by atoms with Gasteiger partial charge in [0.2, 0.25) is 0 Å². The summed E-state index contributed by atoms with van der Waals surface area (Å²) < 4.78 is 0. The monoisotopic (exact) mass is 276 g/mol. The predicted molar refractivity (Wildman–Crippen MR) is 76.4 cm³/mol. The lowest BCUT2D eigenvalue weighted by Crippen LogP contribution is -2.24. The van der Waals surface area contributed by atoms with Gasteiger partial charge in [0.05, 0.1) is 29.0 Å². The second kappa shape index (κ2) is 6.29. The summed E-state index contributed by atoms with van der Waals surface area (Å²) in [4.78, 5) is 21.4. The second-order valence-corrected chi connectivity index (χ2v) is 4.93. The fourth-order valence-corrected chi connectivity index (χ4v) is 2.39. The summed E-state index contributed by atoms with van der Waals surface area (Å²) in [6.45, 7) is 5.18. The van der Waals surface area contributed by atoms with Crippen molar-refractivity contribution in [1.82, 2.24) is 15.3 Å². The Bertz CT molecular complexity index is 567. The smallest absolute Gasteiger partial charge is 0.255 e. The quantitative estimate of drug-likeness (QED) is 0.878. The van der Waals surface area contributed by atoms with Crippen LogP contribution in [0.25, 0.3) is 0 Å². The Morgan fingerprint density at radius 1 is 1.47 bits per heavy atom. The molecule has 0 bridgehead atoms. The third kappa shape index (κ3) is 3.29. The summed E-state index contributed by atoms with van der Waals surface area (Å²) >= 11 is 1.54. The van der Waals surface area contributed by atoms with Crippen molar-refractivity contribution in [3.05, 3.63) is 40.1 Å². The molecule has 2 rings (SSSR count). The van der Waals surface area contributed by atoms with Gasteiger partial charge >= 0.3 is 0 Å². The summed E-state index contributed by atoms with van der Waals surface area (Å²) in [5.74, 6) is -0.128. The van der Waals surface area contributed by atoms with Crippen molar-refractivity contribution in [2.75, 3.05) is 11.9 Å². The molecule has 6 heteroatoms. The van der Waals surface area contributed by atoms with Gasteiger partial charge in [-0.15, -0.1) is 11.3 Å². The van der Waals surface area contributed by atoms with Crippen LogP contribution in [0.5, 0.6) is 0 Å². The summed E-state index contributed by atoms with van der Waals surface area (Å²) in [5, 5.41) is 6.04. The predicted octanol–water partition coefficient (Wildman–Crippen LogP) is 2.21. The molecule has 2 aromatic heterocycles. The molecular weight excluding hydrogens is 260 g/mol. The van der Waals surface area contributed by atoms with Gasteiger partial charge in [-0.3, -0.25) is 9.78 Å². The maximum atomic E-state index is 12.1. The van der Waals surface area contributed by atoms with E-state index >= 15 is 0 Å². The van der Waals surface area contributed by atoms with E-state index in [0.717, 1.165) is 22.8 Å². The van der Waals surface area contributed by atoms with Crippen LogP contribution in [0.4, 0.5) is 5.69 Å². The minimum absolute atomic E-state index is 0.128. The maximum absolute atomic E-state index is 12.1. The van der Waals surface area contributed by atoms with Crippen LogP contribution in [0, 0.1) is 6.92 Å². The van der Waals surface area contributed by atoms with E-state index in [1.54, 1.807) is 35.3 Å². The van der Waals surface area contributed by atoms with Crippen LogP contribution in [0.1, 0.15) is 27.9 Å². The third-order valence-corrected chi connectivity index (χ3v) is 3.62. The standard InChI is InChI=1S/C13H16N4OS/c1-3-15-11-4-5-14-6-10(11)13(18)16-7-12-9(2)17-8-19-12/h4-6,8H,3,7H2,1-2H3,(H,14,15)(H,16,18). The van der Waals surface area contributed by atoms with Crippen molar-refractivity contribution >= 4 is 22.9 Å². The van der Waals surface area contributed by atoms with Crippen molar-refractivity contribution in [1.29, 1.82) is 0 Å². The van der Waals surface area contributed by atoms with Gasteiger partial charge in [0.1, 0.15) is 0 Å². The van der Waals surface area contributed by atoms with Crippen molar-refractivity contribution < 1.29 is 4.79 Å². The van der Waals surface area contributed by atoms with Gasteiger partial charge in [0.15, 0.2) is 0 Å².